The molecule has 0 bridgehead atoms. The van der Waals surface area contributed by atoms with Gasteiger partial charge in [0.25, 0.3) is 5.91 Å². The van der Waals surface area contributed by atoms with Crippen molar-refractivity contribution >= 4 is 17.6 Å². The molecule has 29 heavy (non-hydrogen) atoms. The molecule has 3 rings (SSSR count). The smallest absolute Gasteiger partial charge is 0.251 e. The summed E-state index contributed by atoms with van der Waals surface area (Å²) in [6.07, 6.45) is 4.25. The number of amides is 2. The number of likely N-dealkylation sites (tertiary alicyclic amines) is 1. The molecule has 154 valence electrons. The lowest BCUT2D eigenvalue weighted by Gasteiger charge is -2.38. The van der Waals surface area contributed by atoms with E-state index in [-0.39, 0.29) is 40.3 Å². The molecule has 1 aliphatic rings. The van der Waals surface area contributed by atoms with Crippen LogP contribution in [0.3, 0.4) is 0 Å². The summed E-state index contributed by atoms with van der Waals surface area (Å²) in [5.41, 5.74) is 5.69. The van der Waals surface area contributed by atoms with E-state index in [1.54, 1.807) is 23.8 Å². The number of pyridine rings is 1. The Labute approximate surface area is 168 Å². The third-order valence-electron chi connectivity index (χ3n) is 5.22. The van der Waals surface area contributed by atoms with E-state index in [4.69, 9.17) is 10.2 Å². The van der Waals surface area contributed by atoms with Crippen LogP contribution in [0.4, 0.5) is 10.2 Å². The van der Waals surface area contributed by atoms with Crippen molar-refractivity contribution in [2.24, 2.45) is 5.73 Å². The van der Waals surface area contributed by atoms with Gasteiger partial charge in [0.05, 0.1) is 11.8 Å². The zero-order valence-corrected chi connectivity index (χ0v) is 16.7. The second-order valence-corrected chi connectivity index (χ2v) is 7.10. The van der Waals surface area contributed by atoms with Crippen LogP contribution in [0.2, 0.25) is 0 Å². The Morgan fingerprint density at radius 1 is 1.45 bits per heavy atom. The van der Waals surface area contributed by atoms with Gasteiger partial charge in [0, 0.05) is 38.7 Å². The standard InChI is InChI=1S/C20H24FN5O3/c1-5-15(27)26-8-6-7-13(10-26)25(4)20-17(21)11(2)16(19(22)28)18(24-20)14-9-23-12(3)29-14/h5,9,13H,1,6-8,10H2,2-4H3,(H2,22,28)/t13-/m1/s1. The van der Waals surface area contributed by atoms with Crippen molar-refractivity contribution in [3.05, 3.63) is 41.7 Å². The van der Waals surface area contributed by atoms with Crippen LogP contribution >= 0.6 is 0 Å². The van der Waals surface area contributed by atoms with E-state index in [1.807, 2.05) is 0 Å². The normalized spacial score (nSPS) is 16.6. The number of anilines is 1. The lowest BCUT2D eigenvalue weighted by molar-refractivity contribution is -0.127. The first-order valence-corrected chi connectivity index (χ1v) is 9.31. The Kier molecular flexibility index (Phi) is 5.67. The van der Waals surface area contributed by atoms with Crippen LogP contribution in [0.15, 0.2) is 23.3 Å². The maximum atomic E-state index is 15.2. The first kappa shape index (κ1) is 20.5. The van der Waals surface area contributed by atoms with E-state index in [2.05, 4.69) is 16.5 Å². The van der Waals surface area contributed by atoms with Gasteiger partial charge in [-0.05, 0) is 25.8 Å². The van der Waals surface area contributed by atoms with Gasteiger partial charge < -0.3 is 20.0 Å². The first-order valence-electron chi connectivity index (χ1n) is 9.31. The zero-order chi connectivity index (χ0) is 21.3. The molecule has 0 aromatic carbocycles. The second kappa shape index (κ2) is 8.02. The first-order chi connectivity index (χ1) is 13.7. The van der Waals surface area contributed by atoms with Crippen molar-refractivity contribution in [2.75, 3.05) is 25.0 Å². The van der Waals surface area contributed by atoms with E-state index in [0.717, 1.165) is 12.8 Å². The van der Waals surface area contributed by atoms with E-state index >= 15 is 4.39 Å². The highest BCUT2D eigenvalue weighted by Crippen LogP contribution is 2.32. The highest BCUT2D eigenvalue weighted by molar-refractivity contribution is 6.00. The van der Waals surface area contributed by atoms with E-state index in [9.17, 15) is 9.59 Å². The molecule has 2 aromatic heterocycles. The second-order valence-electron chi connectivity index (χ2n) is 7.10. The Balaban J connectivity index is 2.05. The van der Waals surface area contributed by atoms with Gasteiger partial charge in [0.2, 0.25) is 5.91 Å². The number of piperidine rings is 1. The Hall–Kier alpha value is -3.23. The van der Waals surface area contributed by atoms with Crippen molar-refractivity contribution < 1.29 is 18.4 Å². The van der Waals surface area contributed by atoms with E-state index in [0.29, 0.717) is 19.0 Å². The number of carbonyl (C=O) groups excluding carboxylic acids is 2. The maximum Gasteiger partial charge on any atom is 0.251 e. The van der Waals surface area contributed by atoms with Crippen LogP contribution in [0, 0.1) is 19.7 Å². The number of primary amides is 1. The molecule has 1 aliphatic heterocycles. The zero-order valence-electron chi connectivity index (χ0n) is 16.7. The van der Waals surface area contributed by atoms with Crippen LogP contribution in [-0.4, -0.2) is 52.9 Å². The molecule has 1 atom stereocenters. The molecular formula is C20H24FN5O3. The summed E-state index contributed by atoms with van der Waals surface area (Å²) < 4.78 is 20.7. The predicted octanol–water partition coefficient (Wildman–Crippen LogP) is 2.20. The molecule has 1 fully saturated rings. The molecule has 0 radical (unpaired) electrons. The van der Waals surface area contributed by atoms with Gasteiger partial charge in [-0.2, -0.15) is 0 Å². The van der Waals surface area contributed by atoms with Crippen molar-refractivity contribution in [3.8, 4) is 11.5 Å². The minimum atomic E-state index is -0.799. The van der Waals surface area contributed by atoms with Gasteiger partial charge in [-0.25, -0.2) is 14.4 Å². The number of oxazole rings is 1. The van der Waals surface area contributed by atoms with Crippen LogP contribution < -0.4 is 10.6 Å². The molecule has 8 nitrogen and oxygen atoms in total. The largest absolute Gasteiger partial charge is 0.439 e. The van der Waals surface area contributed by atoms with Crippen molar-refractivity contribution in [2.45, 2.75) is 32.7 Å². The third kappa shape index (κ3) is 3.85. The molecule has 0 saturated carbocycles. The lowest BCUT2D eigenvalue weighted by Crippen LogP contribution is -2.48. The number of aryl methyl sites for hydroxylation is 1. The van der Waals surface area contributed by atoms with Crippen molar-refractivity contribution in [3.63, 3.8) is 0 Å². The number of carbonyl (C=O) groups is 2. The molecular weight excluding hydrogens is 377 g/mol. The van der Waals surface area contributed by atoms with Gasteiger partial charge in [-0.15, -0.1) is 0 Å². The predicted molar refractivity (Wildman–Crippen MR) is 106 cm³/mol. The number of hydrogen-bond acceptors (Lipinski definition) is 6. The molecule has 0 spiro atoms. The fraction of sp³-hybridized carbons (Fsp3) is 0.400. The van der Waals surface area contributed by atoms with Crippen LogP contribution in [0.1, 0.15) is 34.7 Å². The highest BCUT2D eigenvalue weighted by atomic mass is 19.1. The third-order valence-corrected chi connectivity index (χ3v) is 5.22. The summed E-state index contributed by atoms with van der Waals surface area (Å²) in [4.78, 5) is 35.8. The molecule has 2 N–H and O–H groups in total. The number of nitrogens with zero attached hydrogens (tertiary/aromatic N) is 4. The van der Waals surface area contributed by atoms with Crippen LogP contribution in [0.5, 0.6) is 0 Å². The molecule has 1 saturated heterocycles. The summed E-state index contributed by atoms with van der Waals surface area (Å²) in [5.74, 6) is -0.897. The SMILES string of the molecule is C=CC(=O)N1CCC[C@@H](N(C)c2nc(-c3cnc(C)o3)c(C(N)=O)c(C)c2F)C1. The molecule has 2 amide bonds. The molecule has 0 unspecified atom stereocenters. The average molecular weight is 401 g/mol. The molecule has 3 heterocycles. The molecule has 0 aliphatic carbocycles. The summed E-state index contributed by atoms with van der Waals surface area (Å²) in [6.45, 7) is 7.72. The summed E-state index contributed by atoms with van der Waals surface area (Å²) in [6, 6.07) is -0.141. The Bertz CT molecular complexity index is 971. The number of hydrogen-bond donors (Lipinski definition) is 1. The maximum absolute atomic E-state index is 15.2. The van der Waals surface area contributed by atoms with Gasteiger partial charge >= 0.3 is 0 Å². The average Bonchev–Trinajstić information content (AvgIpc) is 3.14. The number of aromatic nitrogens is 2. The Morgan fingerprint density at radius 3 is 2.76 bits per heavy atom. The molecule has 2 aromatic rings. The van der Waals surface area contributed by atoms with Gasteiger partial charge in [0.1, 0.15) is 5.69 Å². The van der Waals surface area contributed by atoms with Crippen molar-refractivity contribution in [1.82, 2.24) is 14.9 Å². The minimum Gasteiger partial charge on any atom is -0.439 e. The van der Waals surface area contributed by atoms with Crippen LogP contribution in [-0.2, 0) is 4.79 Å². The number of rotatable bonds is 5. The fourth-order valence-corrected chi connectivity index (χ4v) is 3.62. The lowest BCUT2D eigenvalue weighted by atomic mass is 10.0. The van der Waals surface area contributed by atoms with Crippen molar-refractivity contribution in [1.29, 1.82) is 0 Å². The van der Waals surface area contributed by atoms with Gasteiger partial charge in [-0.1, -0.05) is 6.58 Å². The van der Waals surface area contributed by atoms with E-state index < -0.39 is 11.7 Å². The quantitative estimate of drug-likeness (QED) is 0.770. The monoisotopic (exact) mass is 401 g/mol. The van der Waals surface area contributed by atoms with E-state index in [1.165, 1.54) is 19.2 Å². The Morgan fingerprint density at radius 2 is 2.17 bits per heavy atom. The molecule has 9 heteroatoms. The fourth-order valence-electron chi connectivity index (χ4n) is 3.62. The summed E-state index contributed by atoms with van der Waals surface area (Å²) >= 11 is 0. The van der Waals surface area contributed by atoms with Gasteiger partial charge in [0.15, 0.2) is 23.3 Å². The highest BCUT2D eigenvalue weighted by Gasteiger charge is 2.30. The number of likely N-dealkylation sites (N-methyl/N-ethyl adjacent to an activating group) is 1. The summed E-state index contributed by atoms with van der Waals surface area (Å²) in [5, 5.41) is 0. The topological polar surface area (TPSA) is 106 Å². The van der Waals surface area contributed by atoms with Gasteiger partial charge in [-0.3, -0.25) is 9.59 Å². The number of nitrogens with two attached hydrogens (primary N) is 1. The van der Waals surface area contributed by atoms with Crippen LogP contribution in [0.25, 0.3) is 11.5 Å². The number of halogens is 1. The summed E-state index contributed by atoms with van der Waals surface area (Å²) in [7, 11) is 1.72. The minimum absolute atomic E-state index is 0.0390.